The van der Waals surface area contributed by atoms with Crippen LogP contribution in [0.2, 0.25) is 0 Å². The Kier molecular flexibility index (Phi) is 5.92. The molecule has 1 N–H and O–H groups in total. The molecule has 0 aliphatic rings. The maximum absolute atomic E-state index is 13.1. The van der Waals surface area contributed by atoms with Crippen molar-refractivity contribution in [2.75, 3.05) is 18.0 Å². The van der Waals surface area contributed by atoms with Gasteiger partial charge in [0.1, 0.15) is 5.82 Å². The molecule has 5 nitrogen and oxygen atoms in total. The van der Waals surface area contributed by atoms with Crippen LogP contribution in [0.4, 0.5) is 10.1 Å². The lowest BCUT2D eigenvalue weighted by molar-refractivity contribution is -0.116. The van der Waals surface area contributed by atoms with Crippen LogP contribution in [0.5, 0.6) is 0 Å². The predicted molar refractivity (Wildman–Crippen MR) is 95.5 cm³/mol. The molecule has 0 saturated carbocycles. The van der Waals surface area contributed by atoms with E-state index < -0.39 is 15.8 Å². The summed E-state index contributed by atoms with van der Waals surface area (Å²) in [6.45, 7) is 5.12. The minimum absolute atomic E-state index is 0.0267. The molecular formula is C18H21FN2O3S. The van der Waals surface area contributed by atoms with Gasteiger partial charge in [-0.25, -0.2) is 17.5 Å². The quantitative estimate of drug-likeness (QED) is 0.857. The van der Waals surface area contributed by atoms with Gasteiger partial charge in [0.2, 0.25) is 15.9 Å². The monoisotopic (exact) mass is 364 g/mol. The minimum atomic E-state index is -3.77. The molecule has 1 amide bonds. The summed E-state index contributed by atoms with van der Waals surface area (Å²) in [6, 6.07) is 10.9. The number of hydrogen-bond acceptors (Lipinski definition) is 3. The molecule has 2 aromatic carbocycles. The third-order valence-electron chi connectivity index (χ3n) is 3.75. The summed E-state index contributed by atoms with van der Waals surface area (Å²) < 4.78 is 40.3. The van der Waals surface area contributed by atoms with Crippen molar-refractivity contribution in [2.24, 2.45) is 0 Å². The Morgan fingerprint density at radius 1 is 1.16 bits per heavy atom. The molecule has 0 radical (unpaired) electrons. The number of halogens is 1. The highest BCUT2D eigenvalue weighted by atomic mass is 32.2. The fourth-order valence-electron chi connectivity index (χ4n) is 2.55. The van der Waals surface area contributed by atoms with Gasteiger partial charge in [-0.3, -0.25) is 4.79 Å². The fourth-order valence-corrected chi connectivity index (χ4v) is 3.79. The van der Waals surface area contributed by atoms with Crippen LogP contribution < -0.4 is 9.62 Å². The van der Waals surface area contributed by atoms with E-state index >= 15 is 0 Å². The Bertz CT molecular complexity index is 882. The third-order valence-corrected chi connectivity index (χ3v) is 5.37. The molecule has 0 aliphatic carbocycles. The van der Waals surface area contributed by atoms with Gasteiger partial charge in [0.15, 0.2) is 0 Å². The van der Waals surface area contributed by atoms with Crippen LogP contribution in [-0.2, 0) is 14.8 Å². The van der Waals surface area contributed by atoms with Crippen LogP contribution in [0.1, 0.15) is 18.1 Å². The average Bonchev–Trinajstić information content (AvgIpc) is 2.50. The van der Waals surface area contributed by atoms with Gasteiger partial charge >= 0.3 is 0 Å². The summed E-state index contributed by atoms with van der Waals surface area (Å²) in [6.07, 6.45) is 0. The van der Waals surface area contributed by atoms with Gasteiger partial charge in [-0.1, -0.05) is 12.1 Å². The lowest BCUT2D eigenvalue weighted by Gasteiger charge is -2.22. The number of aryl methyl sites for hydroxylation is 2. The zero-order valence-corrected chi connectivity index (χ0v) is 15.2. The number of nitrogens with zero attached hydrogens (tertiary/aromatic N) is 1. The van der Waals surface area contributed by atoms with E-state index in [4.69, 9.17) is 0 Å². The Hall–Kier alpha value is -2.25. The van der Waals surface area contributed by atoms with Gasteiger partial charge in [-0.2, -0.15) is 0 Å². The van der Waals surface area contributed by atoms with Gasteiger partial charge in [0.25, 0.3) is 0 Å². The first-order chi connectivity index (χ1) is 11.7. The maximum Gasteiger partial charge on any atom is 0.240 e. The highest BCUT2D eigenvalue weighted by molar-refractivity contribution is 7.89. The second-order valence-electron chi connectivity index (χ2n) is 5.82. The first-order valence-electron chi connectivity index (χ1n) is 7.81. The molecule has 0 spiro atoms. The van der Waals surface area contributed by atoms with Crippen LogP contribution in [0.25, 0.3) is 0 Å². The number of anilines is 1. The first-order valence-corrected chi connectivity index (χ1v) is 9.29. The summed E-state index contributed by atoms with van der Waals surface area (Å²) in [7, 11) is -3.77. The van der Waals surface area contributed by atoms with Gasteiger partial charge in [0, 0.05) is 25.7 Å². The highest BCUT2D eigenvalue weighted by Crippen LogP contribution is 2.17. The van der Waals surface area contributed by atoms with Gasteiger partial charge in [-0.05, 0) is 55.3 Å². The van der Waals surface area contributed by atoms with Gasteiger partial charge in [-0.15, -0.1) is 0 Å². The fraction of sp³-hybridized carbons (Fsp3) is 0.278. The Labute approximate surface area is 147 Å². The van der Waals surface area contributed by atoms with E-state index in [0.717, 1.165) is 11.6 Å². The number of carbonyl (C=O) groups is 1. The van der Waals surface area contributed by atoms with Crippen LogP contribution in [0, 0.1) is 19.7 Å². The summed E-state index contributed by atoms with van der Waals surface area (Å²) >= 11 is 0. The molecule has 0 fully saturated rings. The summed E-state index contributed by atoms with van der Waals surface area (Å²) in [4.78, 5) is 13.4. The summed E-state index contributed by atoms with van der Waals surface area (Å²) in [5, 5.41) is 0. The molecule has 134 valence electrons. The topological polar surface area (TPSA) is 66.5 Å². The van der Waals surface area contributed by atoms with Crippen LogP contribution in [0.3, 0.4) is 0 Å². The van der Waals surface area contributed by atoms with Gasteiger partial charge in [0.05, 0.1) is 4.90 Å². The molecule has 7 heteroatoms. The maximum atomic E-state index is 13.1. The summed E-state index contributed by atoms with van der Waals surface area (Å²) in [5.74, 6) is -0.665. The minimum Gasteiger partial charge on any atom is -0.311 e. The van der Waals surface area contributed by atoms with E-state index in [0.29, 0.717) is 11.3 Å². The lowest BCUT2D eigenvalue weighted by Crippen LogP contribution is -2.37. The first kappa shape index (κ1) is 19.1. The smallest absolute Gasteiger partial charge is 0.240 e. The van der Waals surface area contributed by atoms with E-state index in [1.54, 1.807) is 6.07 Å². The molecule has 0 heterocycles. The molecule has 0 unspecified atom stereocenters. The SMILES string of the molecule is CC(=O)N(CCNS(=O)(=O)c1ccc(F)cc1C)c1cccc(C)c1. The van der Waals surface area contributed by atoms with Crippen molar-refractivity contribution in [2.45, 2.75) is 25.7 Å². The van der Waals surface area contributed by atoms with E-state index in [9.17, 15) is 17.6 Å². The molecule has 0 saturated heterocycles. The van der Waals surface area contributed by atoms with Crippen molar-refractivity contribution in [3.8, 4) is 0 Å². The number of rotatable bonds is 6. The van der Waals surface area contributed by atoms with Crippen LogP contribution in [0.15, 0.2) is 47.4 Å². The van der Waals surface area contributed by atoms with E-state index in [1.165, 1.54) is 30.9 Å². The van der Waals surface area contributed by atoms with Crippen LogP contribution in [-0.4, -0.2) is 27.4 Å². The largest absolute Gasteiger partial charge is 0.311 e. The average molecular weight is 364 g/mol. The number of sulfonamides is 1. The molecule has 0 aromatic heterocycles. The Morgan fingerprint density at radius 3 is 2.48 bits per heavy atom. The van der Waals surface area contributed by atoms with Crippen molar-refractivity contribution >= 4 is 21.6 Å². The number of nitrogens with one attached hydrogen (secondary N) is 1. The highest BCUT2D eigenvalue weighted by Gasteiger charge is 2.18. The number of hydrogen-bond donors (Lipinski definition) is 1. The molecule has 0 bridgehead atoms. The van der Waals surface area contributed by atoms with Crippen LogP contribution >= 0.6 is 0 Å². The second-order valence-corrected chi connectivity index (χ2v) is 7.55. The molecule has 2 aromatic rings. The molecule has 2 rings (SSSR count). The van der Waals surface area contributed by atoms with Crippen molar-refractivity contribution < 1.29 is 17.6 Å². The van der Waals surface area contributed by atoms with Gasteiger partial charge < -0.3 is 4.90 Å². The van der Waals surface area contributed by atoms with Crippen molar-refractivity contribution in [1.82, 2.24) is 4.72 Å². The number of amides is 1. The van der Waals surface area contributed by atoms with Crippen molar-refractivity contribution in [3.05, 3.63) is 59.4 Å². The Balaban J connectivity index is 2.10. The third kappa shape index (κ3) is 4.87. The zero-order chi connectivity index (χ0) is 18.6. The molecular weight excluding hydrogens is 343 g/mol. The molecule has 0 atom stereocenters. The standard InChI is InChI=1S/C18H21FN2O3S/c1-13-5-4-6-17(11-13)21(15(3)22)10-9-20-25(23,24)18-8-7-16(19)12-14(18)2/h4-8,11-12,20H,9-10H2,1-3H3. The number of carbonyl (C=O) groups excluding carboxylic acids is 1. The molecule has 0 aliphatic heterocycles. The normalized spacial score (nSPS) is 11.4. The van der Waals surface area contributed by atoms with Crippen molar-refractivity contribution in [3.63, 3.8) is 0 Å². The summed E-state index contributed by atoms with van der Waals surface area (Å²) in [5.41, 5.74) is 2.05. The molecule has 25 heavy (non-hydrogen) atoms. The number of benzene rings is 2. The van der Waals surface area contributed by atoms with E-state index in [1.807, 2.05) is 25.1 Å². The predicted octanol–water partition coefficient (Wildman–Crippen LogP) is 2.77. The Morgan fingerprint density at radius 2 is 1.88 bits per heavy atom. The zero-order valence-electron chi connectivity index (χ0n) is 14.4. The lowest BCUT2D eigenvalue weighted by atomic mass is 10.2. The van der Waals surface area contributed by atoms with Crippen molar-refractivity contribution in [1.29, 1.82) is 0 Å². The van der Waals surface area contributed by atoms with E-state index in [-0.39, 0.29) is 23.9 Å². The van der Waals surface area contributed by atoms with E-state index in [2.05, 4.69) is 4.72 Å². The second kappa shape index (κ2) is 7.76.